The van der Waals surface area contributed by atoms with E-state index in [1.807, 2.05) is 6.07 Å². The molecular weight excluding hydrogens is 506 g/mol. The zero-order valence-electron chi connectivity index (χ0n) is 24.3. The number of β-amino-alcohol motifs (C(OH)–C–C–N with tert-alkyl or cyclic N) is 1. The van der Waals surface area contributed by atoms with Gasteiger partial charge in [0.15, 0.2) is 0 Å². The van der Waals surface area contributed by atoms with Gasteiger partial charge < -0.3 is 19.5 Å². The molecule has 8 heteroatoms. The van der Waals surface area contributed by atoms with Gasteiger partial charge in [-0.2, -0.15) is 0 Å². The molecule has 2 N–H and O–H groups in total. The molecule has 0 radical (unpaired) electrons. The molecule has 6 rings (SSSR count). The predicted octanol–water partition coefficient (Wildman–Crippen LogP) is 3.78. The summed E-state index contributed by atoms with van der Waals surface area (Å²) in [5.41, 5.74) is 2.51. The van der Waals surface area contributed by atoms with E-state index in [0.717, 1.165) is 102 Å². The molecule has 1 aliphatic heterocycles. The molecule has 1 saturated heterocycles. The maximum Gasteiger partial charge on any atom is 0.335 e. The Labute approximate surface area is 238 Å². The van der Waals surface area contributed by atoms with Crippen LogP contribution in [0.1, 0.15) is 76.7 Å². The van der Waals surface area contributed by atoms with Crippen molar-refractivity contribution in [2.75, 3.05) is 52.5 Å². The summed E-state index contributed by atoms with van der Waals surface area (Å²) in [6.07, 6.45) is 11.8. The van der Waals surface area contributed by atoms with Crippen LogP contribution in [-0.2, 0) is 4.84 Å². The number of nitrogens with zero attached hydrogens (tertiary/aromatic N) is 3. The average Bonchev–Trinajstić information content (AvgIpc) is 3.23. The Kier molecular flexibility index (Phi) is 7.74. The van der Waals surface area contributed by atoms with Crippen molar-refractivity contribution < 1.29 is 19.5 Å². The van der Waals surface area contributed by atoms with Gasteiger partial charge in [0.2, 0.25) is 0 Å². The molecule has 1 aromatic rings. The van der Waals surface area contributed by atoms with Gasteiger partial charge >= 0.3 is 5.63 Å². The number of hydrogen-bond acceptors (Lipinski definition) is 8. The second-order valence-corrected chi connectivity index (χ2v) is 13.5. The minimum Gasteiger partial charge on any atom is -0.431 e. The lowest BCUT2D eigenvalue weighted by Gasteiger charge is -2.61. The van der Waals surface area contributed by atoms with E-state index in [-0.39, 0.29) is 29.0 Å². The Morgan fingerprint density at radius 2 is 1.77 bits per heavy atom. The molecule has 0 spiro atoms. The maximum absolute atomic E-state index is 12.4. The number of allylic oxidation sites excluding steroid dienone is 2. The fourth-order valence-electron chi connectivity index (χ4n) is 9.39. The number of oxime groups is 1. The monoisotopic (exact) mass is 553 g/mol. The van der Waals surface area contributed by atoms with Crippen LogP contribution in [0, 0.1) is 22.7 Å². The molecule has 1 aromatic heterocycles. The van der Waals surface area contributed by atoms with Crippen LogP contribution in [0.15, 0.2) is 44.4 Å². The Morgan fingerprint density at radius 1 is 1.00 bits per heavy atom. The van der Waals surface area contributed by atoms with E-state index in [0.29, 0.717) is 18.4 Å². The van der Waals surface area contributed by atoms with Crippen LogP contribution in [0.2, 0.25) is 0 Å². The van der Waals surface area contributed by atoms with Gasteiger partial charge in [0, 0.05) is 50.7 Å². The minimum absolute atomic E-state index is 0.102. The van der Waals surface area contributed by atoms with Crippen LogP contribution in [-0.4, -0.2) is 83.8 Å². The second kappa shape index (κ2) is 11.0. The molecule has 5 aliphatic rings. The molecule has 220 valence electrons. The summed E-state index contributed by atoms with van der Waals surface area (Å²) >= 11 is 0. The highest BCUT2D eigenvalue weighted by Crippen LogP contribution is 2.69. The standard InChI is InChI=1S/C32H47N3O5/c1-30-10-7-25(33-40-20-18-35-15-13-34(14-16-35)17-19-36)21-24(30)4-5-28-27(30)8-11-31(2)26(9-12-32(28,31)38)23-3-6-29(37)39-22-23/h3,6,21-22,26-28,36,38H,4-5,7-20H2,1-2H3/t26-,27+,28-,30+,31-,32+/m1/s1. The third-order valence-electron chi connectivity index (χ3n) is 11.9. The molecule has 8 nitrogen and oxygen atoms in total. The summed E-state index contributed by atoms with van der Waals surface area (Å²) in [5.74, 6) is 0.992. The van der Waals surface area contributed by atoms with Gasteiger partial charge in [-0.1, -0.05) is 24.6 Å². The number of fused-ring (bicyclic) bond motifs is 5. The third kappa shape index (κ3) is 4.79. The molecule has 3 saturated carbocycles. The van der Waals surface area contributed by atoms with Gasteiger partial charge in [-0.25, -0.2) is 4.79 Å². The van der Waals surface area contributed by atoms with Crippen LogP contribution >= 0.6 is 0 Å². The Balaban J connectivity index is 1.09. The van der Waals surface area contributed by atoms with Crippen molar-refractivity contribution in [3.63, 3.8) is 0 Å². The van der Waals surface area contributed by atoms with Gasteiger partial charge in [-0.3, -0.25) is 9.80 Å². The van der Waals surface area contributed by atoms with Crippen molar-refractivity contribution >= 4 is 5.71 Å². The lowest BCUT2D eigenvalue weighted by Crippen LogP contribution is -2.60. The Morgan fingerprint density at radius 3 is 2.50 bits per heavy atom. The average molecular weight is 554 g/mol. The van der Waals surface area contributed by atoms with E-state index in [2.05, 4.69) is 34.9 Å². The molecule has 0 bridgehead atoms. The molecular formula is C32H47N3O5. The highest BCUT2D eigenvalue weighted by atomic mass is 16.6. The molecule has 2 heterocycles. The van der Waals surface area contributed by atoms with Crippen molar-refractivity contribution in [3.8, 4) is 0 Å². The van der Waals surface area contributed by atoms with Gasteiger partial charge in [0.25, 0.3) is 0 Å². The first kappa shape index (κ1) is 28.1. The van der Waals surface area contributed by atoms with Gasteiger partial charge in [0.05, 0.1) is 24.2 Å². The summed E-state index contributed by atoms with van der Waals surface area (Å²) in [6, 6.07) is 3.43. The Bertz CT molecular complexity index is 1170. The first-order valence-electron chi connectivity index (χ1n) is 15.5. The number of piperazine rings is 1. The van der Waals surface area contributed by atoms with Crippen molar-refractivity contribution in [3.05, 3.63) is 46.0 Å². The number of rotatable bonds is 7. The number of aliphatic hydroxyl groups is 2. The SMILES string of the molecule is C[C@]12CCC(=NOCCN3CCN(CCO)CC3)C=C1CC[C@@H]1[C@@H]2CC[C@]2(C)[C@@H](c3ccc(=O)oc3)CC[C@]12O. The quantitative estimate of drug-likeness (QED) is 0.392. The van der Waals surface area contributed by atoms with Crippen LogP contribution in [0.4, 0.5) is 0 Å². The molecule has 0 unspecified atom stereocenters. The molecule has 6 atom stereocenters. The lowest BCUT2D eigenvalue weighted by atomic mass is 9.45. The van der Waals surface area contributed by atoms with E-state index in [4.69, 9.17) is 14.4 Å². The van der Waals surface area contributed by atoms with Crippen molar-refractivity contribution in [2.24, 2.45) is 27.8 Å². The molecule has 0 aromatic carbocycles. The minimum atomic E-state index is -0.688. The van der Waals surface area contributed by atoms with E-state index < -0.39 is 5.60 Å². The first-order valence-corrected chi connectivity index (χ1v) is 15.5. The van der Waals surface area contributed by atoms with Gasteiger partial charge in [-0.15, -0.1) is 0 Å². The zero-order chi connectivity index (χ0) is 28.0. The first-order chi connectivity index (χ1) is 19.3. The van der Waals surface area contributed by atoms with Crippen molar-refractivity contribution in [1.82, 2.24) is 9.80 Å². The highest BCUT2D eigenvalue weighted by Gasteiger charge is 2.66. The predicted molar refractivity (Wildman–Crippen MR) is 154 cm³/mol. The summed E-state index contributed by atoms with van der Waals surface area (Å²) < 4.78 is 5.23. The molecule has 40 heavy (non-hydrogen) atoms. The van der Waals surface area contributed by atoms with E-state index >= 15 is 0 Å². The van der Waals surface area contributed by atoms with Crippen LogP contribution < -0.4 is 5.63 Å². The number of hydrogen-bond donors (Lipinski definition) is 2. The van der Waals surface area contributed by atoms with Crippen molar-refractivity contribution in [1.29, 1.82) is 0 Å². The van der Waals surface area contributed by atoms with E-state index in [1.54, 1.807) is 6.26 Å². The third-order valence-corrected chi connectivity index (χ3v) is 11.9. The van der Waals surface area contributed by atoms with Crippen LogP contribution in [0.3, 0.4) is 0 Å². The molecule has 0 amide bonds. The maximum atomic E-state index is 12.4. The fourth-order valence-corrected chi connectivity index (χ4v) is 9.39. The van der Waals surface area contributed by atoms with Gasteiger partial charge in [-0.05, 0) is 92.2 Å². The van der Waals surface area contributed by atoms with E-state index in [9.17, 15) is 9.90 Å². The summed E-state index contributed by atoms with van der Waals surface area (Å²) in [4.78, 5) is 22.1. The number of aliphatic hydroxyl groups excluding tert-OH is 1. The molecule has 4 aliphatic carbocycles. The lowest BCUT2D eigenvalue weighted by molar-refractivity contribution is -0.176. The summed E-state index contributed by atoms with van der Waals surface area (Å²) in [5, 5.41) is 26.1. The normalized spacial score (nSPS) is 39.4. The van der Waals surface area contributed by atoms with Gasteiger partial charge in [0.1, 0.15) is 6.61 Å². The van der Waals surface area contributed by atoms with Crippen LogP contribution in [0.5, 0.6) is 0 Å². The van der Waals surface area contributed by atoms with Crippen molar-refractivity contribution in [2.45, 2.75) is 76.7 Å². The Hall–Kier alpha value is -2.00. The zero-order valence-corrected chi connectivity index (χ0v) is 24.3. The second-order valence-electron chi connectivity index (χ2n) is 13.5. The molecule has 4 fully saturated rings. The topological polar surface area (TPSA) is 98.7 Å². The van der Waals surface area contributed by atoms with E-state index in [1.165, 1.54) is 11.6 Å². The fraction of sp³-hybridized carbons (Fsp3) is 0.750. The smallest absolute Gasteiger partial charge is 0.335 e. The largest absolute Gasteiger partial charge is 0.431 e. The summed E-state index contributed by atoms with van der Waals surface area (Å²) in [7, 11) is 0. The van der Waals surface area contributed by atoms with Crippen LogP contribution in [0.25, 0.3) is 0 Å². The highest BCUT2D eigenvalue weighted by molar-refractivity contribution is 5.96. The summed E-state index contributed by atoms with van der Waals surface area (Å²) in [6.45, 7) is 11.2.